The van der Waals surface area contributed by atoms with Gasteiger partial charge in [0.15, 0.2) is 5.82 Å². The lowest BCUT2D eigenvalue weighted by Gasteiger charge is -2.11. The van der Waals surface area contributed by atoms with Gasteiger partial charge in [0.05, 0.1) is 30.1 Å². The van der Waals surface area contributed by atoms with Gasteiger partial charge >= 0.3 is 0 Å². The van der Waals surface area contributed by atoms with Gasteiger partial charge in [-0.15, -0.1) is 0 Å². The van der Waals surface area contributed by atoms with Gasteiger partial charge in [-0.3, -0.25) is 29.1 Å². The summed E-state index contributed by atoms with van der Waals surface area (Å²) in [6.07, 6.45) is 5.83. The van der Waals surface area contributed by atoms with Crippen molar-refractivity contribution in [3.05, 3.63) is 107 Å². The molecule has 0 bridgehead atoms. The van der Waals surface area contributed by atoms with Crippen molar-refractivity contribution in [1.82, 2.24) is 14.9 Å². The fourth-order valence-corrected chi connectivity index (χ4v) is 3.63. The van der Waals surface area contributed by atoms with Gasteiger partial charge in [-0.2, -0.15) is 0 Å². The number of anilines is 2. The molecule has 2 aromatic carbocycles. The Morgan fingerprint density at radius 1 is 0.857 bits per heavy atom. The van der Waals surface area contributed by atoms with E-state index in [4.69, 9.17) is 4.42 Å². The lowest BCUT2D eigenvalue weighted by molar-refractivity contribution is 0.0631. The van der Waals surface area contributed by atoms with E-state index in [0.717, 1.165) is 4.90 Å². The summed E-state index contributed by atoms with van der Waals surface area (Å²) in [7, 11) is 0. The van der Waals surface area contributed by atoms with E-state index in [1.165, 1.54) is 49.1 Å². The van der Waals surface area contributed by atoms with Crippen molar-refractivity contribution in [3.63, 3.8) is 0 Å². The molecule has 0 saturated carbocycles. The van der Waals surface area contributed by atoms with Crippen molar-refractivity contribution in [3.8, 4) is 0 Å². The number of nitrogens with zero attached hydrogens (tertiary/aromatic N) is 3. The predicted molar refractivity (Wildman–Crippen MR) is 124 cm³/mol. The van der Waals surface area contributed by atoms with Gasteiger partial charge in [0.2, 0.25) is 0 Å². The maximum atomic E-state index is 12.9. The molecule has 172 valence electrons. The summed E-state index contributed by atoms with van der Waals surface area (Å²) in [4.78, 5) is 59.8. The number of hydrogen-bond acceptors (Lipinski definition) is 7. The zero-order chi connectivity index (χ0) is 24.4. The molecule has 35 heavy (non-hydrogen) atoms. The molecule has 0 unspecified atom stereocenters. The van der Waals surface area contributed by atoms with Crippen LogP contribution >= 0.6 is 0 Å². The molecule has 4 aromatic rings. The minimum atomic E-state index is -0.501. The summed E-state index contributed by atoms with van der Waals surface area (Å²) >= 11 is 0. The van der Waals surface area contributed by atoms with Crippen LogP contribution in [0.5, 0.6) is 0 Å². The summed E-state index contributed by atoms with van der Waals surface area (Å²) in [5.41, 5.74) is 1.24. The normalized spacial score (nSPS) is 12.4. The first kappa shape index (κ1) is 21.7. The topological polar surface area (TPSA) is 134 Å². The SMILES string of the molecule is O=C(Nc1cccc(C(=O)Nc2cnccn2)c1)c1ccc2c(c1)C(=O)N(Cc1ccco1)C2=O. The molecule has 2 N–H and O–H groups in total. The van der Waals surface area contributed by atoms with E-state index in [9.17, 15) is 19.2 Å². The Hall–Kier alpha value is -5.12. The van der Waals surface area contributed by atoms with Gasteiger partial charge in [0.1, 0.15) is 5.76 Å². The maximum Gasteiger partial charge on any atom is 0.261 e. The Kier molecular flexibility index (Phi) is 5.60. The molecule has 0 spiro atoms. The number of carbonyl (C=O) groups excluding carboxylic acids is 4. The second-order valence-corrected chi connectivity index (χ2v) is 7.62. The van der Waals surface area contributed by atoms with Crippen molar-refractivity contribution in [2.24, 2.45) is 0 Å². The van der Waals surface area contributed by atoms with E-state index < -0.39 is 23.6 Å². The van der Waals surface area contributed by atoms with Crippen molar-refractivity contribution in [2.75, 3.05) is 10.6 Å². The van der Waals surface area contributed by atoms with Gasteiger partial charge in [0, 0.05) is 29.2 Å². The van der Waals surface area contributed by atoms with Gasteiger partial charge in [0.25, 0.3) is 23.6 Å². The van der Waals surface area contributed by atoms with E-state index in [-0.39, 0.29) is 23.2 Å². The third kappa shape index (κ3) is 4.40. The first-order chi connectivity index (χ1) is 17.0. The second kappa shape index (κ2) is 9.02. The molecule has 0 fully saturated rings. The third-order valence-electron chi connectivity index (χ3n) is 5.31. The third-order valence-corrected chi connectivity index (χ3v) is 5.31. The molecule has 3 heterocycles. The number of imide groups is 1. The highest BCUT2D eigenvalue weighted by Crippen LogP contribution is 2.26. The number of amides is 4. The van der Waals surface area contributed by atoms with Crippen LogP contribution in [0.4, 0.5) is 11.5 Å². The van der Waals surface area contributed by atoms with E-state index in [1.54, 1.807) is 30.3 Å². The summed E-state index contributed by atoms with van der Waals surface area (Å²) < 4.78 is 5.23. The van der Waals surface area contributed by atoms with Crippen LogP contribution in [-0.2, 0) is 6.54 Å². The molecule has 2 aromatic heterocycles. The standard InChI is InChI=1S/C25H17N5O5/c31-22(28-17-4-1-3-15(11-17)23(32)29-21-13-26-8-9-27-21)16-6-7-19-20(12-16)25(34)30(24(19)33)14-18-5-2-10-35-18/h1-13H,14H2,(H,28,31)(H,27,29,32). The predicted octanol–water partition coefficient (Wildman–Crippen LogP) is 3.37. The average Bonchev–Trinajstić information content (AvgIpc) is 3.47. The first-order valence-corrected chi connectivity index (χ1v) is 10.5. The molecular formula is C25H17N5O5. The van der Waals surface area contributed by atoms with Gasteiger partial charge in [-0.05, 0) is 48.5 Å². The highest BCUT2D eigenvalue weighted by atomic mass is 16.3. The number of furan rings is 1. The molecule has 1 aliphatic heterocycles. The second-order valence-electron chi connectivity index (χ2n) is 7.62. The zero-order valence-corrected chi connectivity index (χ0v) is 18.1. The fourth-order valence-electron chi connectivity index (χ4n) is 3.63. The van der Waals surface area contributed by atoms with Crippen molar-refractivity contribution in [1.29, 1.82) is 0 Å². The van der Waals surface area contributed by atoms with Crippen LogP contribution < -0.4 is 10.6 Å². The minimum Gasteiger partial charge on any atom is -0.467 e. The number of hydrogen-bond donors (Lipinski definition) is 2. The molecule has 0 aliphatic carbocycles. The molecule has 0 saturated heterocycles. The Labute approximate surface area is 198 Å². The summed E-state index contributed by atoms with van der Waals surface area (Å²) in [5.74, 6) is -1.09. The molecule has 0 atom stereocenters. The number of fused-ring (bicyclic) bond motifs is 1. The van der Waals surface area contributed by atoms with Crippen LogP contribution in [0.15, 0.2) is 83.9 Å². The van der Waals surface area contributed by atoms with E-state index in [2.05, 4.69) is 20.6 Å². The number of nitrogens with one attached hydrogen (secondary N) is 2. The van der Waals surface area contributed by atoms with E-state index >= 15 is 0 Å². The van der Waals surface area contributed by atoms with Crippen LogP contribution in [0.3, 0.4) is 0 Å². The van der Waals surface area contributed by atoms with Crippen molar-refractivity contribution in [2.45, 2.75) is 6.54 Å². The molecule has 10 nitrogen and oxygen atoms in total. The fraction of sp³-hybridized carbons (Fsp3) is 0.0400. The number of aromatic nitrogens is 2. The summed E-state index contributed by atoms with van der Waals surface area (Å²) in [6, 6.07) is 14.0. The van der Waals surface area contributed by atoms with Crippen LogP contribution in [0.25, 0.3) is 0 Å². The molecule has 4 amide bonds. The zero-order valence-electron chi connectivity index (χ0n) is 18.1. The van der Waals surface area contributed by atoms with Gasteiger partial charge in [-0.25, -0.2) is 4.98 Å². The number of benzene rings is 2. The highest BCUT2D eigenvalue weighted by Gasteiger charge is 2.36. The van der Waals surface area contributed by atoms with Crippen molar-refractivity contribution >= 4 is 35.1 Å². The lowest BCUT2D eigenvalue weighted by Crippen LogP contribution is -2.28. The summed E-state index contributed by atoms with van der Waals surface area (Å²) in [6.45, 7) is 0.00426. The van der Waals surface area contributed by atoms with Crippen LogP contribution in [-0.4, -0.2) is 38.5 Å². The largest absolute Gasteiger partial charge is 0.467 e. The number of rotatable bonds is 6. The quantitative estimate of drug-likeness (QED) is 0.415. The summed E-state index contributed by atoms with van der Waals surface area (Å²) in [5, 5.41) is 5.33. The van der Waals surface area contributed by atoms with Gasteiger partial charge in [-0.1, -0.05) is 6.07 Å². The average molecular weight is 467 g/mol. The molecule has 5 rings (SSSR count). The van der Waals surface area contributed by atoms with Crippen LogP contribution in [0, 0.1) is 0 Å². The van der Waals surface area contributed by atoms with Crippen LogP contribution in [0.1, 0.15) is 47.2 Å². The number of carbonyl (C=O) groups is 4. The molecule has 1 aliphatic rings. The smallest absolute Gasteiger partial charge is 0.261 e. The van der Waals surface area contributed by atoms with Crippen LogP contribution in [0.2, 0.25) is 0 Å². The molecule has 0 radical (unpaired) electrons. The molecule has 10 heteroatoms. The first-order valence-electron chi connectivity index (χ1n) is 10.5. The van der Waals surface area contributed by atoms with Gasteiger partial charge < -0.3 is 15.1 Å². The van der Waals surface area contributed by atoms with E-state index in [1.807, 2.05) is 0 Å². The Morgan fingerprint density at radius 3 is 2.43 bits per heavy atom. The highest BCUT2D eigenvalue weighted by molar-refractivity contribution is 6.22. The maximum absolute atomic E-state index is 12.9. The Balaban J connectivity index is 1.30. The lowest BCUT2D eigenvalue weighted by atomic mass is 10.1. The van der Waals surface area contributed by atoms with Crippen molar-refractivity contribution < 1.29 is 23.6 Å². The van der Waals surface area contributed by atoms with E-state index in [0.29, 0.717) is 22.8 Å². The minimum absolute atomic E-state index is 0.00426. The Morgan fingerprint density at radius 2 is 1.66 bits per heavy atom. The Bertz CT molecular complexity index is 1450. The molecular weight excluding hydrogens is 450 g/mol. The monoisotopic (exact) mass is 467 g/mol.